The van der Waals surface area contributed by atoms with Crippen molar-refractivity contribution in [2.45, 2.75) is 20.8 Å². The third-order valence-electron chi connectivity index (χ3n) is 3.14. The van der Waals surface area contributed by atoms with Gasteiger partial charge in [0.15, 0.2) is 5.82 Å². The molecule has 0 radical (unpaired) electrons. The van der Waals surface area contributed by atoms with Crippen LogP contribution >= 0.6 is 0 Å². The van der Waals surface area contributed by atoms with Crippen molar-refractivity contribution in [3.63, 3.8) is 0 Å². The average Bonchev–Trinajstić information content (AvgIpc) is 2.72. The first-order chi connectivity index (χ1) is 11.3. The molecular formula is C17H18N2O5. The molecule has 0 saturated carbocycles. The Labute approximate surface area is 139 Å². The van der Waals surface area contributed by atoms with Crippen molar-refractivity contribution in [2.75, 3.05) is 5.32 Å². The molecule has 2 aromatic rings. The summed E-state index contributed by atoms with van der Waals surface area (Å²) in [4.78, 5) is 34.5. The van der Waals surface area contributed by atoms with Crippen LogP contribution in [0, 0.1) is 0 Å². The maximum Gasteiger partial charge on any atom is 0.308 e. The standard InChI is InChI=1S/C17H18N2O5/c1-10(20)18-17-16(24-12(3)22)15(23-11(2)21)14(19(17)4)13-8-6-5-7-9-13/h5-9H,1-4H3,(H,18,20). The summed E-state index contributed by atoms with van der Waals surface area (Å²) in [6.07, 6.45) is 0. The fourth-order valence-corrected chi connectivity index (χ4v) is 2.34. The van der Waals surface area contributed by atoms with Crippen LogP contribution in [0.4, 0.5) is 5.82 Å². The Morgan fingerprint density at radius 1 is 0.917 bits per heavy atom. The molecule has 0 bridgehead atoms. The molecule has 0 atom stereocenters. The Morgan fingerprint density at radius 2 is 1.46 bits per heavy atom. The minimum absolute atomic E-state index is 0.00532. The molecular weight excluding hydrogens is 312 g/mol. The van der Waals surface area contributed by atoms with E-state index >= 15 is 0 Å². The summed E-state index contributed by atoms with van der Waals surface area (Å²) >= 11 is 0. The average molecular weight is 330 g/mol. The lowest BCUT2D eigenvalue weighted by atomic mass is 10.1. The van der Waals surface area contributed by atoms with E-state index in [0.717, 1.165) is 5.56 Å². The van der Waals surface area contributed by atoms with Crippen LogP contribution in [-0.4, -0.2) is 22.4 Å². The summed E-state index contributed by atoms with van der Waals surface area (Å²) in [5, 5.41) is 2.61. The maximum atomic E-state index is 11.5. The first kappa shape index (κ1) is 17.3. The number of nitrogens with zero attached hydrogens (tertiary/aromatic N) is 1. The van der Waals surface area contributed by atoms with Gasteiger partial charge in [-0.3, -0.25) is 14.4 Å². The lowest BCUT2D eigenvalue weighted by molar-refractivity contribution is -0.134. The molecule has 126 valence electrons. The number of amides is 1. The van der Waals surface area contributed by atoms with Crippen LogP contribution in [-0.2, 0) is 21.4 Å². The number of ether oxygens (including phenoxy) is 2. The highest BCUT2D eigenvalue weighted by molar-refractivity contribution is 5.94. The van der Waals surface area contributed by atoms with Gasteiger partial charge in [-0.25, -0.2) is 0 Å². The Bertz CT molecular complexity index is 793. The summed E-state index contributed by atoms with van der Waals surface area (Å²) in [5.74, 6) is -1.21. The summed E-state index contributed by atoms with van der Waals surface area (Å²) < 4.78 is 12.1. The summed E-state index contributed by atoms with van der Waals surface area (Å²) in [6, 6.07) is 9.13. The molecule has 7 heteroatoms. The van der Waals surface area contributed by atoms with Crippen molar-refractivity contribution >= 4 is 23.7 Å². The van der Waals surface area contributed by atoms with Crippen LogP contribution in [0.1, 0.15) is 20.8 Å². The summed E-state index contributed by atoms with van der Waals surface area (Å²) in [6.45, 7) is 3.81. The van der Waals surface area contributed by atoms with E-state index < -0.39 is 11.9 Å². The van der Waals surface area contributed by atoms with Crippen molar-refractivity contribution in [3.05, 3.63) is 30.3 Å². The molecule has 1 heterocycles. The van der Waals surface area contributed by atoms with Crippen molar-refractivity contribution in [3.8, 4) is 22.8 Å². The lowest BCUT2D eigenvalue weighted by Crippen LogP contribution is -2.12. The zero-order valence-corrected chi connectivity index (χ0v) is 13.9. The molecule has 1 aromatic carbocycles. The Hall–Kier alpha value is -3.09. The summed E-state index contributed by atoms with van der Waals surface area (Å²) in [5.41, 5.74) is 1.24. The second-order valence-corrected chi connectivity index (χ2v) is 5.15. The Kier molecular flexibility index (Phi) is 5.03. The van der Waals surface area contributed by atoms with Gasteiger partial charge in [0.05, 0.1) is 5.69 Å². The molecule has 0 saturated heterocycles. The number of nitrogens with one attached hydrogen (secondary N) is 1. The highest BCUT2D eigenvalue weighted by atomic mass is 16.6. The van der Waals surface area contributed by atoms with Gasteiger partial charge in [0.2, 0.25) is 17.4 Å². The minimum atomic E-state index is -0.597. The van der Waals surface area contributed by atoms with Gasteiger partial charge in [0.1, 0.15) is 0 Å². The van der Waals surface area contributed by atoms with Crippen molar-refractivity contribution in [2.24, 2.45) is 7.05 Å². The fraction of sp³-hybridized carbons (Fsp3) is 0.235. The summed E-state index contributed by atoms with van der Waals surface area (Å²) in [7, 11) is 1.67. The van der Waals surface area contributed by atoms with Gasteiger partial charge in [0.25, 0.3) is 0 Å². The van der Waals surface area contributed by atoms with E-state index in [-0.39, 0.29) is 23.2 Å². The van der Waals surface area contributed by atoms with Gasteiger partial charge in [-0.1, -0.05) is 30.3 Å². The smallest absolute Gasteiger partial charge is 0.308 e. The molecule has 7 nitrogen and oxygen atoms in total. The lowest BCUT2D eigenvalue weighted by Gasteiger charge is -2.08. The molecule has 24 heavy (non-hydrogen) atoms. The molecule has 0 unspecified atom stereocenters. The van der Waals surface area contributed by atoms with Crippen LogP contribution < -0.4 is 14.8 Å². The maximum absolute atomic E-state index is 11.5. The highest BCUT2D eigenvalue weighted by Crippen LogP contribution is 2.46. The molecule has 1 amide bonds. The number of aromatic nitrogens is 1. The van der Waals surface area contributed by atoms with Crippen LogP contribution in [0.2, 0.25) is 0 Å². The van der Waals surface area contributed by atoms with E-state index in [1.54, 1.807) is 11.6 Å². The third kappa shape index (κ3) is 3.62. The van der Waals surface area contributed by atoms with Crippen LogP contribution in [0.3, 0.4) is 0 Å². The fourth-order valence-electron chi connectivity index (χ4n) is 2.34. The molecule has 1 N–H and O–H groups in total. The first-order valence-electron chi connectivity index (χ1n) is 7.23. The van der Waals surface area contributed by atoms with Gasteiger partial charge >= 0.3 is 11.9 Å². The second-order valence-electron chi connectivity index (χ2n) is 5.15. The number of anilines is 1. The van der Waals surface area contributed by atoms with Gasteiger partial charge in [-0.15, -0.1) is 0 Å². The third-order valence-corrected chi connectivity index (χ3v) is 3.14. The number of rotatable bonds is 4. The number of hydrogen-bond donors (Lipinski definition) is 1. The van der Waals surface area contributed by atoms with E-state index in [2.05, 4.69) is 5.32 Å². The molecule has 1 aromatic heterocycles. The molecule has 0 aliphatic rings. The SMILES string of the molecule is CC(=O)Nc1c(OC(C)=O)c(OC(C)=O)c(-c2ccccc2)n1C. The quantitative estimate of drug-likeness (QED) is 0.870. The van der Waals surface area contributed by atoms with Crippen molar-refractivity contribution < 1.29 is 23.9 Å². The normalized spacial score (nSPS) is 10.2. The number of carbonyl (C=O) groups excluding carboxylic acids is 3. The monoisotopic (exact) mass is 330 g/mol. The second kappa shape index (κ2) is 6.99. The molecule has 0 spiro atoms. The zero-order valence-electron chi connectivity index (χ0n) is 13.9. The molecule has 2 rings (SSSR count). The van der Waals surface area contributed by atoms with Gasteiger partial charge in [-0.2, -0.15) is 0 Å². The van der Waals surface area contributed by atoms with E-state index in [0.29, 0.717) is 5.69 Å². The van der Waals surface area contributed by atoms with Crippen molar-refractivity contribution in [1.82, 2.24) is 4.57 Å². The zero-order chi connectivity index (χ0) is 17.9. The molecule has 0 aliphatic heterocycles. The Morgan fingerprint density at radius 3 is 1.96 bits per heavy atom. The number of carbonyl (C=O) groups is 3. The predicted octanol–water partition coefficient (Wildman–Crippen LogP) is 2.50. The largest absolute Gasteiger partial charge is 0.420 e. The predicted molar refractivity (Wildman–Crippen MR) is 87.8 cm³/mol. The van der Waals surface area contributed by atoms with E-state index in [4.69, 9.17) is 9.47 Å². The number of benzene rings is 1. The Balaban J connectivity index is 2.76. The minimum Gasteiger partial charge on any atom is -0.420 e. The highest BCUT2D eigenvalue weighted by Gasteiger charge is 2.28. The molecule has 0 fully saturated rings. The van der Waals surface area contributed by atoms with Gasteiger partial charge in [0, 0.05) is 33.4 Å². The molecule has 0 aliphatic carbocycles. The van der Waals surface area contributed by atoms with E-state index in [1.807, 2.05) is 30.3 Å². The van der Waals surface area contributed by atoms with Crippen LogP contribution in [0.5, 0.6) is 11.5 Å². The van der Waals surface area contributed by atoms with Crippen molar-refractivity contribution in [1.29, 1.82) is 0 Å². The van der Waals surface area contributed by atoms with Crippen LogP contribution in [0.25, 0.3) is 11.3 Å². The van der Waals surface area contributed by atoms with Gasteiger partial charge < -0.3 is 19.4 Å². The van der Waals surface area contributed by atoms with Gasteiger partial charge in [-0.05, 0) is 0 Å². The van der Waals surface area contributed by atoms with E-state index in [9.17, 15) is 14.4 Å². The topological polar surface area (TPSA) is 86.6 Å². The number of esters is 2. The van der Waals surface area contributed by atoms with E-state index in [1.165, 1.54) is 20.8 Å². The van der Waals surface area contributed by atoms with Crippen LogP contribution in [0.15, 0.2) is 30.3 Å². The number of hydrogen-bond acceptors (Lipinski definition) is 5. The first-order valence-corrected chi connectivity index (χ1v) is 7.23.